The predicted molar refractivity (Wildman–Crippen MR) is 73.9 cm³/mol. The third-order valence-corrected chi connectivity index (χ3v) is 4.04. The van der Waals surface area contributed by atoms with E-state index in [1.165, 1.54) is 19.3 Å². The van der Waals surface area contributed by atoms with Crippen LogP contribution in [-0.4, -0.2) is 11.1 Å². The maximum Gasteiger partial charge on any atom is 0.192 e. The highest BCUT2D eigenvalue weighted by molar-refractivity contribution is 9.10. The molecule has 2 aromatic rings. The average molecular weight is 310 g/mol. The number of hydrogen-bond acceptors (Lipinski definition) is 3. The maximum atomic E-state index is 6.09. The van der Waals surface area contributed by atoms with Gasteiger partial charge in [-0.15, -0.1) is 0 Å². The van der Waals surface area contributed by atoms with Crippen LogP contribution < -0.4 is 4.74 Å². The molecule has 4 heteroatoms. The Labute approximate surface area is 115 Å². The summed E-state index contributed by atoms with van der Waals surface area (Å²) in [5.74, 6) is 1.52. The quantitative estimate of drug-likeness (QED) is 0.812. The van der Waals surface area contributed by atoms with E-state index in [2.05, 4.69) is 20.9 Å². The summed E-state index contributed by atoms with van der Waals surface area (Å²) in [6, 6.07) is 3.94. The van der Waals surface area contributed by atoms with Crippen molar-refractivity contribution in [3.8, 4) is 5.75 Å². The van der Waals surface area contributed by atoms with E-state index in [0.29, 0.717) is 12.0 Å². The van der Waals surface area contributed by atoms with Crippen LogP contribution >= 0.6 is 15.9 Å². The molecule has 0 spiro atoms. The fourth-order valence-electron chi connectivity index (χ4n) is 2.52. The Morgan fingerprint density at radius 2 is 2.06 bits per heavy atom. The van der Waals surface area contributed by atoms with Gasteiger partial charge in [0.2, 0.25) is 0 Å². The molecule has 1 fully saturated rings. The largest absolute Gasteiger partial charge is 0.488 e. The molecule has 1 aliphatic carbocycles. The molecule has 1 saturated carbocycles. The molecule has 0 bridgehead atoms. The monoisotopic (exact) mass is 309 g/mol. The van der Waals surface area contributed by atoms with Gasteiger partial charge in [-0.05, 0) is 53.7 Å². The van der Waals surface area contributed by atoms with Crippen LogP contribution in [0.25, 0.3) is 11.1 Å². The number of aryl methyl sites for hydroxylation is 1. The molecule has 3 nitrogen and oxygen atoms in total. The van der Waals surface area contributed by atoms with Gasteiger partial charge in [0.05, 0.1) is 10.6 Å². The molecule has 1 heterocycles. The topological polar surface area (TPSA) is 35.3 Å². The average Bonchev–Trinajstić information content (AvgIpc) is 2.77. The SMILES string of the molecule is Cc1nc2c(OC3CCCCC3)ccc(Br)c2o1. The number of ether oxygens (including phenoxy) is 1. The Morgan fingerprint density at radius 1 is 1.28 bits per heavy atom. The minimum atomic E-state index is 0.333. The number of nitrogens with zero attached hydrogens (tertiary/aromatic N) is 1. The van der Waals surface area contributed by atoms with Crippen LogP contribution in [0.5, 0.6) is 5.75 Å². The van der Waals surface area contributed by atoms with Crippen molar-refractivity contribution < 1.29 is 9.15 Å². The van der Waals surface area contributed by atoms with Crippen molar-refractivity contribution in [2.24, 2.45) is 0 Å². The van der Waals surface area contributed by atoms with Crippen molar-refractivity contribution in [1.29, 1.82) is 0 Å². The van der Waals surface area contributed by atoms with Crippen LogP contribution in [0.3, 0.4) is 0 Å². The summed E-state index contributed by atoms with van der Waals surface area (Å²) in [4.78, 5) is 4.42. The number of halogens is 1. The molecule has 1 aliphatic rings. The normalized spacial score (nSPS) is 17.2. The zero-order valence-corrected chi connectivity index (χ0v) is 12.0. The molecular weight excluding hydrogens is 294 g/mol. The van der Waals surface area contributed by atoms with Gasteiger partial charge in [-0.2, -0.15) is 0 Å². The Bertz CT molecular complexity index is 558. The zero-order chi connectivity index (χ0) is 12.5. The van der Waals surface area contributed by atoms with E-state index in [9.17, 15) is 0 Å². The van der Waals surface area contributed by atoms with Crippen molar-refractivity contribution in [2.45, 2.75) is 45.1 Å². The van der Waals surface area contributed by atoms with Crippen LogP contribution in [-0.2, 0) is 0 Å². The summed E-state index contributed by atoms with van der Waals surface area (Å²) in [5.41, 5.74) is 1.60. The van der Waals surface area contributed by atoms with E-state index < -0.39 is 0 Å². The molecule has 18 heavy (non-hydrogen) atoms. The number of oxazole rings is 1. The first-order chi connectivity index (χ1) is 8.74. The van der Waals surface area contributed by atoms with E-state index in [1.54, 1.807) is 0 Å². The highest BCUT2D eigenvalue weighted by atomic mass is 79.9. The molecule has 0 saturated heterocycles. The van der Waals surface area contributed by atoms with Gasteiger partial charge in [-0.1, -0.05) is 6.42 Å². The molecule has 1 aromatic carbocycles. The van der Waals surface area contributed by atoms with Crippen LogP contribution in [0.4, 0.5) is 0 Å². The lowest BCUT2D eigenvalue weighted by molar-refractivity contribution is 0.157. The van der Waals surface area contributed by atoms with Gasteiger partial charge >= 0.3 is 0 Å². The second-order valence-electron chi connectivity index (χ2n) is 4.83. The van der Waals surface area contributed by atoms with Gasteiger partial charge < -0.3 is 9.15 Å². The fourth-order valence-corrected chi connectivity index (χ4v) is 2.92. The number of fused-ring (bicyclic) bond motifs is 1. The number of hydrogen-bond donors (Lipinski definition) is 0. The summed E-state index contributed by atoms with van der Waals surface area (Å²) in [6.07, 6.45) is 6.49. The Balaban J connectivity index is 1.93. The van der Waals surface area contributed by atoms with Gasteiger partial charge in [0.15, 0.2) is 17.0 Å². The lowest BCUT2D eigenvalue weighted by Gasteiger charge is -2.23. The van der Waals surface area contributed by atoms with E-state index >= 15 is 0 Å². The van der Waals surface area contributed by atoms with Crippen LogP contribution in [0.2, 0.25) is 0 Å². The summed E-state index contributed by atoms with van der Waals surface area (Å²) >= 11 is 3.48. The van der Waals surface area contributed by atoms with Crippen LogP contribution in [0, 0.1) is 6.92 Å². The van der Waals surface area contributed by atoms with Gasteiger partial charge in [-0.3, -0.25) is 0 Å². The maximum absolute atomic E-state index is 6.09. The lowest BCUT2D eigenvalue weighted by atomic mass is 9.98. The Kier molecular flexibility index (Phi) is 3.29. The molecule has 96 valence electrons. The second kappa shape index (κ2) is 4.92. The Morgan fingerprint density at radius 3 is 2.83 bits per heavy atom. The highest BCUT2D eigenvalue weighted by Gasteiger charge is 2.18. The summed E-state index contributed by atoms with van der Waals surface area (Å²) < 4.78 is 12.6. The number of rotatable bonds is 2. The van der Waals surface area contributed by atoms with Crippen LogP contribution in [0.15, 0.2) is 21.0 Å². The van der Waals surface area contributed by atoms with Gasteiger partial charge in [0, 0.05) is 6.92 Å². The van der Waals surface area contributed by atoms with Crippen molar-refractivity contribution in [3.63, 3.8) is 0 Å². The molecule has 3 rings (SSSR count). The molecule has 0 aliphatic heterocycles. The van der Waals surface area contributed by atoms with Gasteiger partial charge in [0.25, 0.3) is 0 Å². The number of aromatic nitrogens is 1. The first-order valence-corrected chi connectivity index (χ1v) is 7.25. The zero-order valence-electron chi connectivity index (χ0n) is 10.4. The number of benzene rings is 1. The molecule has 0 N–H and O–H groups in total. The van der Waals surface area contributed by atoms with Crippen LogP contribution in [0.1, 0.15) is 38.0 Å². The molecule has 0 unspecified atom stereocenters. The standard InChI is InChI=1S/C14H16BrNO2/c1-9-16-13-12(8-7-11(15)14(13)17-9)18-10-5-3-2-4-6-10/h7-8,10H,2-6H2,1H3. The van der Waals surface area contributed by atoms with E-state index in [4.69, 9.17) is 9.15 Å². The fraction of sp³-hybridized carbons (Fsp3) is 0.500. The summed E-state index contributed by atoms with van der Waals surface area (Å²) in [6.45, 7) is 1.86. The van der Waals surface area contributed by atoms with Crippen molar-refractivity contribution in [1.82, 2.24) is 4.98 Å². The third kappa shape index (κ3) is 2.26. The Hall–Kier alpha value is -1.03. The van der Waals surface area contributed by atoms with Crippen molar-refractivity contribution >= 4 is 27.0 Å². The second-order valence-corrected chi connectivity index (χ2v) is 5.69. The van der Waals surface area contributed by atoms with E-state index in [-0.39, 0.29) is 0 Å². The molecule has 0 atom stereocenters. The lowest BCUT2D eigenvalue weighted by Crippen LogP contribution is -2.19. The third-order valence-electron chi connectivity index (χ3n) is 3.41. The first kappa shape index (κ1) is 12.0. The minimum Gasteiger partial charge on any atom is -0.488 e. The first-order valence-electron chi connectivity index (χ1n) is 6.46. The van der Waals surface area contributed by atoms with Gasteiger partial charge in [-0.25, -0.2) is 4.98 Å². The summed E-state index contributed by atoms with van der Waals surface area (Å²) in [5, 5.41) is 0. The smallest absolute Gasteiger partial charge is 0.192 e. The summed E-state index contributed by atoms with van der Waals surface area (Å²) in [7, 11) is 0. The van der Waals surface area contributed by atoms with Gasteiger partial charge in [0.1, 0.15) is 5.75 Å². The molecule has 0 radical (unpaired) electrons. The van der Waals surface area contributed by atoms with E-state index in [0.717, 1.165) is 34.2 Å². The van der Waals surface area contributed by atoms with Crippen molar-refractivity contribution in [3.05, 3.63) is 22.5 Å². The predicted octanol–water partition coefficient (Wildman–Crippen LogP) is 4.61. The van der Waals surface area contributed by atoms with E-state index in [1.807, 2.05) is 19.1 Å². The van der Waals surface area contributed by atoms with Crippen molar-refractivity contribution in [2.75, 3.05) is 0 Å². The highest BCUT2D eigenvalue weighted by Crippen LogP contribution is 2.34. The minimum absolute atomic E-state index is 0.333. The molecule has 1 aromatic heterocycles. The molecular formula is C14H16BrNO2. The molecule has 0 amide bonds.